The normalized spacial score (nSPS) is 26.9. The van der Waals surface area contributed by atoms with Crippen molar-refractivity contribution in [2.45, 2.75) is 54.0 Å². The molecule has 7 nitrogen and oxygen atoms in total. The Bertz CT molecular complexity index is 1200. The van der Waals surface area contributed by atoms with E-state index in [-0.39, 0.29) is 19.8 Å². The summed E-state index contributed by atoms with van der Waals surface area (Å²) in [6.07, 6.45) is -4.41. The zero-order valence-electron chi connectivity index (χ0n) is 20.8. The van der Waals surface area contributed by atoms with Crippen LogP contribution < -0.4 is 0 Å². The predicted octanol–water partition coefficient (Wildman–Crippen LogP) is 6.36. The fraction of sp³-hybridized carbons (Fsp3) is 0.345. The van der Waals surface area contributed by atoms with E-state index in [9.17, 15) is 0 Å². The maximum absolute atomic E-state index is 8.18. The SMILES string of the molecule is N=C(OC1O[C@@H]2COC(c3ccccc3)O[C@@H]2[C@H](OCc2ccccc2)[C@H]1OCc1ccccc1)C(Cl)(Cl)Cl. The van der Waals surface area contributed by atoms with E-state index in [1.54, 1.807) is 0 Å². The summed E-state index contributed by atoms with van der Waals surface area (Å²) in [6.45, 7) is 0.716. The molecule has 2 heterocycles. The largest absolute Gasteiger partial charge is 0.445 e. The number of fused-ring (bicyclic) bond motifs is 1. The van der Waals surface area contributed by atoms with Gasteiger partial charge >= 0.3 is 0 Å². The Morgan fingerprint density at radius 1 is 0.769 bits per heavy atom. The monoisotopic (exact) mass is 591 g/mol. The van der Waals surface area contributed by atoms with Crippen molar-refractivity contribution in [3.63, 3.8) is 0 Å². The molecule has 0 aromatic heterocycles. The van der Waals surface area contributed by atoms with Crippen molar-refractivity contribution in [3.05, 3.63) is 108 Å². The van der Waals surface area contributed by atoms with Gasteiger partial charge in [0.25, 0.3) is 3.79 Å². The molecule has 2 aliphatic heterocycles. The van der Waals surface area contributed by atoms with Crippen LogP contribution in [0.4, 0.5) is 0 Å². The molecule has 1 N–H and O–H groups in total. The van der Waals surface area contributed by atoms with Crippen LogP contribution in [0.1, 0.15) is 23.0 Å². The van der Waals surface area contributed by atoms with E-state index < -0.39 is 46.7 Å². The van der Waals surface area contributed by atoms with Gasteiger partial charge in [-0.15, -0.1) is 0 Å². The molecule has 0 radical (unpaired) electrons. The van der Waals surface area contributed by atoms with Gasteiger partial charge in [-0.3, -0.25) is 5.41 Å². The molecule has 2 aliphatic rings. The number of hydrogen-bond donors (Lipinski definition) is 1. The topological polar surface area (TPSA) is 79.2 Å². The average molecular weight is 593 g/mol. The average Bonchev–Trinajstić information content (AvgIpc) is 2.96. The summed E-state index contributed by atoms with van der Waals surface area (Å²) in [5.41, 5.74) is 2.78. The van der Waals surface area contributed by atoms with Crippen LogP contribution in [0.15, 0.2) is 91.0 Å². The maximum Gasteiger partial charge on any atom is 0.265 e. The summed E-state index contributed by atoms with van der Waals surface area (Å²) in [6, 6.07) is 29.1. The fourth-order valence-electron chi connectivity index (χ4n) is 4.50. The fourth-order valence-corrected chi connectivity index (χ4v) is 4.64. The van der Waals surface area contributed by atoms with Crippen LogP contribution in [0, 0.1) is 5.41 Å². The summed E-state index contributed by atoms with van der Waals surface area (Å²) in [5, 5.41) is 8.18. The number of ether oxygens (including phenoxy) is 6. The van der Waals surface area contributed by atoms with Gasteiger partial charge in [0.1, 0.15) is 24.4 Å². The molecule has 2 saturated heterocycles. The first-order valence-electron chi connectivity index (χ1n) is 12.5. The molecule has 206 valence electrons. The van der Waals surface area contributed by atoms with Gasteiger partial charge in [-0.2, -0.15) is 0 Å². The van der Waals surface area contributed by atoms with Crippen LogP contribution in [0.5, 0.6) is 0 Å². The highest BCUT2D eigenvalue weighted by Gasteiger charge is 2.53. The number of alkyl halides is 3. The number of nitrogens with one attached hydrogen (secondary N) is 1. The quantitative estimate of drug-likeness (QED) is 0.186. The van der Waals surface area contributed by atoms with Gasteiger partial charge in [-0.1, -0.05) is 126 Å². The van der Waals surface area contributed by atoms with Crippen molar-refractivity contribution < 1.29 is 28.4 Å². The third-order valence-corrected chi connectivity index (χ3v) is 6.93. The zero-order valence-corrected chi connectivity index (χ0v) is 23.1. The highest BCUT2D eigenvalue weighted by molar-refractivity contribution is 6.76. The van der Waals surface area contributed by atoms with E-state index in [1.807, 2.05) is 91.0 Å². The van der Waals surface area contributed by atoms with Gasteiger partial charge in [-0.25, -0.2) is 0 Å². The molecular weight excluding hydrogens is 565 g/mol. The van der Waals surface area contributed by atoms with Crippen LogP contribution in [-0.2, 0) is 41.6 Å². The van der Waals surface area contributed by atoms with Crippen LogP contribution in [0.25, 0.3) is 0 Å². The van der Waals surface area contributed by atoms with Gasteiger partial charge in [0.2, 0.25) is 12.2 Å². The van der Waals surface area contributed by atoms with Gasteiger partial charge in [-0.05, 0) is 11.1 Å². The van der Waals surface area contributed by atoms with Gasteiger partial charge in [0.15, 0.2) is 6.29 Å². The minimum Gasteiger partial charge on any atom is -0.445 e. The highest BCUT2D eigenvalue weighted by Crippen LogP contribution is 2.38. The van der Waals surface area contributed by atoms with Crippen molar-refractivity contribution in [2.24, 2.45) is 0 Å². The maximum atomic E-state index is 8.18. The Morgan fingerprint density at radius 3 is 1.87 bits per heavy atom. The molecule has 39 heavy (non-hydrogen) atoms. The zero-order chi connectivity index (χ0) is 27.2. The van der Waals surface area contributed by atoms with Crippen LogP contribution in [0.3, 0.4) is 0 Å². The standard InChI is InChI=1S/C29H28Cl3NO6/c30-29(31,32)28(33)39-27-25(35-17-20-12-6-2-7-13-20)24(34-16-19-10-4-1-5-11-19)23-22(37-27)18-36-26(38-23)21-14-8-3-9-15-21/h1-15,22-27,33H,16-18H2/t22-,23+,24+,25-,26?,27?/m1/s1. The van der Waals surface area contributed by atoms with Crippen LogP contribution in [0.2, 0.25) is 0 Å². The van der Waals surface area contributed by atoms with Crippen molar-refractivity contribution in [1.29, 1.82) is 5.41 Å². The molecule has 2 unspecified atom stereocenters. The lowest BCUT2D eigenvalue weighted by atomic mass is 9.97. The molecule has 10 heteroatoms. The Kier molecular flexibility index (Phi) is 9.43. The summed E-state index contributed by atoms with van der Waals surface area (Å²) in [7, 11) is 0. The van der Waals surface area contributed by atoms with Gasteiger partial charge < -0.3 is 28.4 Å². The molecule has 6 atom stereocenters. The smallest absolute Gasteiger partial charge is 0.265 e. The second-order valence-corrected chi connectivity index (χ2v) is 11.5. The van der Waals surface area contributed by atoms with Crippen LogP contribution >= 0.6 is 34.8 Å². The van der Waals surface area contributed by atoms with Crippen molar-refractivity contribution >= 4 is 40.7 Å². The molecule has 0 aliphatic carbocycles. The lowest BCUT2D eigenvalue weighted by molar-refractivity contribution is -0.363. The summed E-state index contributed by atoms with van der Waals surface area (Å²) < 4.78 is 35.2. The molecule has 0 spiro atoms. The lowest BCUT2D eigenvalue weighted by Gasteiger charge is -2.48. The van der Waals surface area contributed by atoms with E-state index in [2.05, 4.69) is 0 Å². The second kappa shape index (κ2) is 13.0. The third-order valence-electron chi connectivity index (χ3n) is 6.42. The van der Waals surface area contributed by atoms with Gasteiger partial charge in [0.05, 0.1) is 19.8 Å². The Balaban J connectivity index is 1.44. The van der Waals surface area contributed by atoms with E-state index in [4.69, 9.17) is 68.6 Å². The second-order valence-electron chi connectivity index (χ2n) is 9.19. The minimum absolute atomic E-state index is 0.196. The minimum atomic E-state index is -2.08. The van der Waals surface area contributed by atoms with E-state index in [0.29, 0.717) is 0 Å². The lowest BCUT2D eigenvalue weighted by Crippen LogP contribution is -2.64. The predicted molar refractivity (Wildman–Crippen MR) is 148 cm³/mol. The molecule has 0 amide bonds. The number of rotatable bonds is 8. The Morgan fingerprint density at radius 2 is 1.31 bits per heavy atom. The molecular formula is C29H28Cl3NO6. The highest BCUT2D eigenvalue weighted by atomic mass is 35.6. The molecule has 0 bridgehead atoms. The number of benzene rings is 3. The summed E-state index contributed by atoms with van der Waals surface area (Å²) in [5.74, 6) is -0.592. The van der Waals surface area contributed by atoms with Crippen molar-refractivity contribution in [2.75, 3.05) is 6.61 Å². The van der Waals surface area contributed by atoms with Gasteiger partial charge in [0, 0.05) is 5.56 Å². The molecule has 0 saturated carbocycles. The third kappa shape index (κ3) is 7.31. The summed E-state index contributed by atoms with van der Waals surface area (Å²) in [4.78, 5) is 0. The summed E-state index contributed by atoms with van der Waals surface area (Å²) >= 11 is 17.8. The number of hydrogen-bond acceptors (Lipinski definition) is 7. The first kappa shape index (κ1) is 28.3. The number of halogens is 3. The Labute approximate surface area is 242 Å². The van der Waals surface area contributed by atoms with E-state index in [0.717, 1.165) is 16.7 Å². The molecule has 3 aromatic carbocycles. The molecule has 2 fully saturated rings. The van der Waals surface area contributed by atoms with Crippen molar-refractivity contribution in [3.8, 4) is 0 Å². The molecule has 3 aromatic rings. The van der Waals surface area contributed by atoms with E-state index in [1.165, 1.54) is 0 Å². The van der Waals surface area contributed by atoms with Crippen molar-refractivity contribution in [1.82, 2.24) is 0 Å². The Hall–Kier alpha value is -2.20. The molecule has 5 rings (SSSR count). The van der Waals surface area contributed by atoms with Crippen LogP contribution in [-0.4, -0.2) is 47.0 Å². The van der Waals surface area contributed by atoms with E-state index >= 15 is 0 Å². The first-order chi connectivity index (χ1) is 18.9. The first-order valence-corrected chi connectivity index (χ1v) is 13.6.